The molecule has 0 unspecified atom stereocenters. The fourth-order valence-electron chi connectivity index (χ4n) is 1.57. The molecule has 2 aromatic rings. The molecule has 2 rings (SSSR count). The number of carbonyl (C=O) groups is 1. The fraction of sp³-hybridized carbons (Fsp3) is 0.250. The number of aromatic nitrogens is 3. The molecule has 9 nitrogen and oxygen atoms in total. The van der Waals surface area contributed by atoms with Crippen LogP contribution in [0.5, 0.6) is 0 Å². The summed E-state index contributed by atoms with van der Waals surface area (Å²) < 4.78 is 1.44. The highest BCUT2D eigenvalue weighted by atomic mass is 16.6. The number of likely N-dealkylation sites (N-methyl/N-ethyl adjacent to an activating group) is 1. The van der Waals surface area contributed by atoms with Crippen LogP contribution in [0.1, 0.15) is 0 Å². The highest BCUT2D eigenvalue weighted by Gasteiger charge is 2.15. The number of pyridine rings is 1. The third-order valence-electron chi connectivity index (χ3n) is 2.68. The minimum Gasteiger partial charge on any atom is -0.347 e. The smallest absolute Gasteiger partial charge is 0.311 e. The van der Waals surface area contributed by atoms with Gasteiger partial charge in [-0.25, -0.2) is 4.98 Å². The van der Waals surface area contributed by atoms with E-state index in [2.05, 4.69) is 15.4 Å². The predicted molar refractivity (Wildman–Crippen MR) is 75.1 cm³/mol. The number of nitrogens with zero attached hydrogens (tertiary/aromatic N) is 5. The highest BCUT2D eigenvalue weighted by Crippen LogP contribution is 2.23. The number of amides is 1. The number of rotatable bonds is 5. The van der Waals surface area contributed by atoms with Gasteiger partial charge in [0.05, 0.1) is 16.8 Å². The van der Waals surface area contributed by atoms with Gasteiger partial charge in [0, 0.05) is 32.6 Å². The summed E-state index contributed by atoms with van der Waals surface area (Å²) in [4.78, 5) is 27.3. The topological polar surface area (TPSA) is 106 Å². The second kappa shape index (κ2) is 5.99. The molecule has 1 amide bonds. The van der Waals surface area contributed by atoms with Crippen LogP contribution in [0.2, 0.25) is 0 Å². The lowest BCUT2D eigenvalue weighted by molar-refractivity contribution is -0.384. The Morgan fingerprint density at radius 1 is 1.52 bits per heavy atom. The summed E-state index contributed by atoms with van der Waals surface area (Å²) >= 11 is 0. The first-order valence-electron chi connectivity index (χ1n) is 6.06. The Morgan fingerprint density at radius 2 is 2.29 bits per heavy atom. The van der Waals surface area contributed by atoms with Crippen molar-refractivity contribution in [3.8, 4) is 0 Å². The summed E-state index contributed by atoms with van der Waals surface area (Å²) in [6.45, 7) is 0.0962. The maximum absolute atomic E-state index is 11.6. The van der Waals surface area contributed by atoms with Crippen molar-refractivity contribution >= 4 is 23.1 Å². The summed E-state index contributed by atoms with van der Waals surface area (Å²) in [5.41, 5.74) is 0.387. The van der Waals surface area contributed by atoms with Gasteiger partial charge in [-0.05, 0) is 6.07 Å². The van der Waals surface area contributed by atoms with Crippen LogP contribution in [-0.2, 0) is 11.3 Å². The third-order valence-corrected chi connectivity index (χ3v) is 2.68. The van der Waals surface area contributed by atoms with Gasteiger partial charge in [0.25, 0.3) is 0 Å². The summed E-state index contributed by atoms with van der Waals surface area (Å²) in [6, 6.07) is 2.85. The maximum atomic E-state index is 11.6. The normalized spacial score (nSPS) is 10.2. The van der Waals surface area contributed by atoms with Gasteiger partial charge >= 0.3 is 5.69 Å². The standard InChI is InChI=1S/C12H14N6O3/c1-16(2)11(19)8-17-7-9(6-14-17)15-12-10(18(20)21)4-3-5-13-12/h3-7H,8H2,1-2H3,(H,13,15). The summed E-state index contributed by atoms with van der Waals surface area (Å²) in [5.74, 6) is 0.0226. The van der Waals surface area contributed by atoms with E-state index in [9.17, 15) is 14.9 Å². The van der Waals surface area contributed by atoms with Crippen LogP contribution in [0.15, 0.2) is 30.7 Å². The van der Waals surface area contributed by atoms with Gasteiger partial charge in [-0.3, -0.25) is 19.6 Å². The van der Waals surface area contributed by atoms with Gasteiger partial charge in [-0.15, -0.1) is 0 Å². The van der Waals surface area contributed by atoms with Crippen molar-refractivity contribution < 1.29 is 9.72 Å². The molecule has 1 N–H and O–H groups in total. The molecule has 2 heterocycles. The number of nitro groups is 1. The van der Waals surface area contributed by atoms with Gasteiger partial charge < -0.3 is 10.2 Å². The van der Waals surface area contributed by atoms with Crippen molar-refractivity contribution in [1.82, 2.24) is 19.7 Å². The Hall–Kier alpha value is -2.97. The maximum Gasteiger partial charge on any atom is 0.311 e. The molecule has 2 aromatic heterocycles. The Morgan fingerprint density at radius 3 is 2.95 bits per heavy atom. The molecule has 9 heteroatoms. The van der Waals surface area contributed by atoms with Gasteiger partial charge in [-0.1, -0.05) is 0 Å². The van der Waals surface area contributed by atoms with Crippen LogP contribution in [0.25, 0.3) is 0 Å². The Balaban J connectivity index is 2.13. The van der Waals surface area contributed by atoms with E-state index in [0.717, 1.165) is 0 Å². The predicted octanol–water partition coefficient (Wildman–Crippen LogP) is 1.02. The first-order chi connectivity index (χ1) is 9.97. The number of hydrogen-bond donors (Lipinski definition) is 1. The monoisotopic (exact) mass is 290 g/mol. The SMILES string of the molecule is CN(C)C(=O)Cn1cc(Nc2ncccc2[N+](=O)[O-])cn1. The second-order valence-corrected chi connectivity index (χ2v) is 4.47. The molecule has 0 radical (unpaired) electrons. The average molecular weight is 290 g/mol. The molecule has 0 saturated carbocycles. The van der Waals surface area contributed by atoms with E-state index < -0.39 is 4.92 Å². The molecule has 0 atom stereocenters. The van der Waals surface area contributed by atoms with E-state index in [4.69, 9.17) is 0 Å². The summed E-state index contributed by atoms with van der Waals surface area (Å²) in [7, 11) is 3.31. The Labute approximate surface area is 120 Å². The van der Waals surface area contributed by atoms with Crippen molar-refractivity contribution in [2.45, 2.75) is 6.54 Å². The van der Waals surface area contributed by atoms with Crippen molar-refractivity contribution in [1.29, 1.82) is 0 Å². The fourth-order valence-corrected chi connectivity index (χ4v) is 1.57. The summed E-state index contributed by atoms with van der Waals surface area (Å²) in [5, 5.41) is 17.7. The molecular formula is C12H14N6O3. The first kappa shape index (κ1) is 14.4. The number of anilines is 2. The summed E-state index contributed by atoms with van der Waals surface area (Å²) in [6.07, 6.45) is 4.51. The molecule has 0 bridgehead atoms. The van der Waals surface area contributed by atoms with Crippen LogP contribution in [0.3, 0.4) is 0 Å². The Bertz CT molecular complexity index is 667. The van der Waals surface area contributed by atoms with E-state index in [1.807, 2.05) is 0 Å². The minimum absolute atomic E-state index is 0.0962. The third kappa shape index (κ3) is 3.53. The molecule has 0 fully saturated rings. The molecule has 0 saturated heterocycles. The van der Waals surface area contributed by atoms with E-state index in [1.165, 1.54) is 34.1 Å². The van der Waals surface area contributed by atoms with Gasteiger partial charge in [0.15, 0.2) is 0 Å². The lowest BCUT2D eigenvalue weighted by Gasteiger charge is -2.09. The molecule has 0 aliphatic rings. The van der Waals surface area contributed by atoms with E-state index in [-0.39, 0.29) is 24.0 Å². The Kier molecular flexibility index (Phi) is 4.12. The highest BCUT2D eigenvalue weighted by molar-refractivity contribution is 5.75. The lowest BCUT2D eigenvalue weighted by atomic mass is 10.4. The van der Waals surface area contributed by atoms with Gasteiger partial charge in [-0.2, -0.15) is 5.10 Å². The van der Waals surface area contributed by atoms with Crippen molar-refractivity contribution in [2.24, 2.45) is 0 Å². The second-order valence-electron chi connectivity index (χ2n) is 4.47. The van der Waals surface area contributed by atoms with Crippen LogP contribution < -0.4 is 5.32 Å². The van der Waals surface area contributed by atoms with Crippen molar-refractivity contribution in [3.63, 3.8) is 0 Å². The van der Waals surface area contributed by atoms with Gasteiger partial charge in [0.2, 0.25) is 11.7 Å². The van der Waals surface area contributed by atoms with Crippen LogP contribution in [0, 0.1) is 10.1 Å². The zero-order valence-electron chi connectivity index (χ0n) is 11.6. The van der Waals surface area contributed by atoms with Crippen molar-refractivity contribution in [2.75, 3.05) is 19.4 Å². The largest absolute Gasteiger partial charge is 0.347 e. The molecule has 0 aromatic carbocycles. The molecule has 21 heavy (non-hydrogen) atoms. The molecular weight excluding hydrogens is 276 g/mol. The molecule has 0 aliphatic carbocycles. The quantitative estimate of drug-likeness (QED) is 0.651. The number of hydrogen-bond acceptors (Lipinski definition) is 6. The number of nitrogens with one attached hydrogen (secondary N) is 1. The van der Waals surface area contributed by atoms with E-state index >= 15 is 0 Å². The van der Waals surface area contributed by atoms with Crippen LogP contribution in [0.4, 0.5) is 17.2 Å². The first-order valence-corrected chi connectivity index (χ1v) is 6.06. The van der Waals surface area contributed by atoms with E-state index in [0.29, 0.717) is 5.69 Å². The zero-order chi connectivity index (χ0) is 15.4. The lowest BCUT2D eigenvalue weighted by Crippen LogP contribution is -2.26. The number of carbonyl (C=O) groups excluding carboxylic acids is 1. The van der Waals surface area contributed by atoms with Crippen molar-refractivity contribution in [3.05, 3.63) is 40.8 Å². The van der Waals surface area contributed by atoms with E-state index in [1.54, 1.807) is 20.3 Å². The minimum atomic E-state index is -0.519. The van der Waals surface area contributed by atoms with Crippen LogP contribution in [-0.4, -0.2) is 44.6 Å². The van der Waals surface area contributed by atoms with Crippen LogP contribution >= 0.6 is 0 Å². The zero-order valence-corrected chi connectivity index (χ0v) is 11.6. The average Bonchev–Trinajstić information content (AvgIpc) is 2.86. The molecule has 0 spiro atoms. The molecule has 0 aliphatic heterocycles. The molecule has 110 valence electrons. The van der Waals surface area contributed by atoms with Gasteiger partial charge in [0.1, 0.15) is 6.54 Å².